The van der Waals surface area contributed by atoms with Gasteiger partial charge >= 0.3 is 0 Å². The summed E-state index contributed by atoms with van der Waals surface area (Å²) in [7, 11) is 0. The van der Waals surface area contributed by atoms with Crippen molar-refractivity contribution in [3.8, 4) is 6.07 Å². The summed E-state index contributed by atoms with van der Waals surface area (Å²) in [4.78, 5) is 6.01. The predicted molar refractivity (Wildman–Crippen MR) is 66.8 cm³/mol. The Hall–Kier alpha value is -1.18. The molecular weight excluding hydrogens is 247 g/mol. The number of aromatic nitrogens is 1. The average Bonchev–Trinajstić information content (AvgIpc) is 2.26. The molecule has 0 fully saturated rings. The summed E-state index contributed by atoms with van der Waals surface area (Å²) in [5, 5.41) is 9.33. The molecule has 2 N–H and O–H groups in total. The van der Waals surface area contributed by atoms with Gasteiger partial charge < -0.3 is 10.6 Å². The Labute approximate surface area is 105 Å². The zero-order chi connectivity index (χ0) is 12.1. The van der Waals surface area contributed by atoms with Gasteiger partial charge in [-0.3, -0.25) is 0 Å². The van der Waals surface area contributed by atoms with Gasteiger partial charge in [0.15, 0.2) is 0 Å². The van der Waals surface area contributed by atoms with Crippen LogP contribution in [-0.2, 0) is 0 Å². The molecule has 0 amide bonds. The molecule has 16 heavy (non-hydrogen) atoms. The first-order chi connectivity index (χ1) is 7.60. The van der Waals surface area contributed by atoms with E-state index < -0.39 is 0 Å². The molecule has 86 valence electrons. The maximum absolute atomic E-state index is 8.55. The highest BCUT2D eigenvalue weighted by molar-refractivity contribution is 6.37. The van der Waals surface area contributed by atoms with Crippen LogP contribution in [0.4, 0.5) is 11.6 Å². The molecule has 0 unspecified atom stereocenters. The van der Waals surface area contributed by atoms with Crippen molar-refractivity contribution in [2.45, 2.75) is 13.3 Å². The monoisotopic (exact) mass is 258 g/mol. The van der Waals surface area contributed by atoms with Crippen LogP contribution in [0.15, 0.2) is 6.07 Å². The van der Waals surface area contributed by atoms with Crippen LogP contribution in [-0.4, -0.2) is 18.1 Å². The molecule has 1 rings (SSSR count). The molecule has 1 heterocycles. The number of anilines is 2. The van der Waals surface area contributed by atoms with Crippen molar-refractivity contribution >= 4 is 34.8 Å². The molecule has 0 aliphatic rings. The summed E-state index contributed by atoms with van der Waals surface area (Å²) < 4.78 is 0. The minimum absolute atomic E-state index is 0.247. The van der Waals surface area contributed by atoms with Crippen LogP contribution < -0.4 is 10.6 Å². The molecule has 0 saturated carbocycles. The summed E-state index contributed by atoms with van der Waals surface area (Å²) in [5.41, 5.74) is 5.62. The maximum atomic E-state index is 8.55. The second kappa shape index (κ2) is 5.78. The standard InChI is InChI=1S/C10H12Cl2N4/c1-2-16(5-3-4-13)10-8(12)6-7(11)9(14)15-10/h6H,2-3,5H2,1H3,(H2,14,15). The largest absolute Gasteiger partial charge is 0.382 e. The summed E-state index contributed by atoms with van der Waals surface area (Å²) >= 11 is 11.8. The number of halogens is 2. The lowest BCUT2D eigenvalue weighted by atomic mass is 10.3. The molecule has 0 bridgehead atoms. The molecule has 0 atom stereocenters. The highest BCUT2D eigenvalue weighted by Crippen LogP contribution is 2.29. The summed E-state index contributed by atoms with van der Waals surface area (Å²) in [6, 6.07) is 3.64. The molecule has 0 aliphatic carbocycles. The topological polar surface area (TPSA) is 65.9 Å². The number of hydrogen-bond acceptors (Lipinski definition) is 4. The van der Waals surface area contributed by atoms with E-state index in [1.807, 2.05) is 11.8 Å². The number of nitrogens with two attached hydrogens (primary N) is 1. The van der Waals surface area contributed by atoms with E-state index in [0.29, 0.717) is 35.4 Å². The molecule has 0 saturated heterocycles. The van der Waals surface area contributed by atoms with E-state index in [0.717, 1.165) is 0 Å². The molecule has 6 heteroatoms. The van der Waals surface area contributed by atoms with Gasteiger partial charge in [-0.1, -0.05) is 23.2 Å². The van der Waals surface area contributed by atoms with E-state index >= 15 is 0 Å². The van der Waals surface area contributed by atoms with Crippen LogP contribution in [0.1, 0.15) is 13.3 Å². The first kappa shape index (κ1) is 12.9. The van der Waals surface area contributed by atoms with Crippen molar-refractivity contribution < 1.29 is 0 Å². The minimum Gasteiger partial charge on any atom is -0.382 e. The smallest absolute Gasteiger partial charge is 0.149 e. The predicted octanol–water partition coefficient (Wildman–Crippen LogP) is 2.71. The molecule has 0 radical (unpaired) electrons. The second-order valence-electron chi connectivity index (χ2n) is 3.15. The van der Waals surface area contributed by atoms with E-state index in [1.165, 1.54) is 0 Å². The molecule has 0 spiro atoms. The molecule has 1 aromatic rings. The lowest BCUT2D eigenvalue weighted by Crippen LogP contribution is -2.25. The molecular formula is C10H12Cl2N4. The van der Waals surface area contributed by atoms with Gasteiger partial charge in [0.2, 0.25) is 0 Å². The first-order valence-corrected chi connectivity index (χ1v) is 5.59. The van der Waals surface area contributed by atoms with Crippen LogP contribution in [0.25, 0.3) is 0 Å². The first-order valence-electron chi connectivity index (χ1n) is 4.83. The minimum atomic E-state index is 0.247. The van der Waals surface area contributed by atoms with E-state index in [4.69, 9.17) is 34.2 Å². The highest BCUT2D eigenvalue weighted by Gasteiger charge is 2.12. The maximum Gasteiger partial charge on any atom is 0.149 e. The Balaban J connectivity index is 3.01. The fourth-order valence-corrected chi connectivity index (χ4v) is 1.77. The number of hydrogen-bond donors (Lipinski definition) is 1. The van der Waals surface area contributed by atoms with Crippen molar-refractivity contribution in [3.63, 3.8) is 0 Å². The van der Waals surface area contributed by atoms with Gasteiger partial charge in [-0.2, -0.15) is 5.26 Å². The summed E-state index contributed by atoms with van der Waals surface area (Å²) in [6.45, 7) is 3.23. The van der Waals surface area contributed by atoms with E-state index in [9.17, 15) is 0 Å². The summed E-state index contributed by atoms with van der Waals surface area (Å²) in [5.74, 6) is 0.817. The zero-order valence-electron chi connectivity index (χ0n) is 8.87. The van der Waals surface area contributed by atoms with Crippen LogP contribution >= 0.6 is 23.2 Å². The van der Waals surface area contributed by atoms with Crippen molar-refractivity contribution in [2.24, 2.45) is 0 Å². The quantitative estimate of drug-likeness (QED) is 0.902. The number of nitrogens with zero attached hydrogens (tertiary/aromatic N) is 3. The Bertz CT molecular complexity index is 414. The Morgan fingerprint density at radius 1 is 1.50 bits per heavy atom. The van der Waals surface area contributed by atoms with Crippen molar-refractivity contribution in [2.75, 3.05) is 23.7 Å². The third-order valence-electron chi connectivity index (χ3n) is 2.11. The van der Waals surface area contributed by atoms with Gasteiger partial charge in [0.05, 0.1) is 22.5 Å². The lowest BCUT2D eigenvalue weighted by Gasteiger charge is -2.22. The van der Waals surface area contributed by atoms with E-state index in [2.05, 4.69) is 11.1 Å². The Morgan fingerprint density at radius 3 is 2.75 bits per heavy atom. The van der Waals surface area contributed by atoms with Gasteiger partial charge in [0.25, 0.3) is 0 Å². The molecule has 0 aliphatic heterocycles. The van der Waals surface area contributed by atoms with Crippen LogP contribution in [0.3, 0.4) is 0 Å². The summed E-state index contributed by atoms with van der Waals surface area (Å²) in [6.07, 6.45) is 0.411. The Morgan fingerprint density at radius 2 is 2.19 bits per heavy atom. The van der Waals surface area contributed by atoms with Crippen LogP contribution in [0.5, 0.6) is 0 Å². The van der Waals surface area contributed by atoms with Gasteiger partial charge in [-0.25, -0.2) is 4.98 Å². The van der Waals surface area contributed by atoms with Crippen molar-refractivity contribution in [3.05, 3.63) is 16.1 Å². The van der Waals surface area contributed by atoms with Gasteiger partial charge in [-0.05, 0) is 13.0 Å². The SMILES string of the molecule is CCN(CCC#N)c1nc(N)c(Cl)cc1Cl. The van der Waals surface area contributed by atoms with E-state index in [-0.39, 0.29) is 5.82 Å². The van der Waals surface area contributed by atoms with Crippen LogP contribution in [0.2, 0.25) is 10.0 Å². The third kappa shape index (κ3) is 2.91. The fraction of sp³-hybridized carbons (Fsp3) is 0.400. The fourth-order valence-electron chi connectivity index (χ4n) is 1.29. The van der Waals surface area contributed by atoms with Gasteiger partial charge in [0, 0.05) is 13.1 Å². The third-order valence-corrected chi connectivity index (χ3v) is 2.69. The second-order valence-corrected chi connectivity index (χ2v) is 3.96. The van der Waals surface area contributed by atoms with E-state index in [1.54, 1.807) is 6.07 Å². The van der Waals surface area contributed by atoms with Crippen molar-refractivity contribution in [1.29, 1.82) is 5.26 Å². The average molecular weight is 259 g/mol. The number of pyridine rings is 1. The normalized spacial score (nSPS) is 9.88. The highest BCUT2D eigenvalue weighted by atomic mass is 35.5. The lowest BCUT2D eigenvalue weighted by molar-refractivity contribution is 0.812. The van der Waals surface area contributed by atoms with Crippen LogP contribution in [0, 0.1) is 11.3 Å². The zero-order valence-corrected chi connectivity index (χ0v) is 10.4. The number of nitriles is 1. The molecule has 4 nitrogen and oxygen atoms in total. The van der Waals surface area contributed by atoms with Gasteiger partial charge in [-0.15, -0.1) is 0 Å². The number of nitrogen functional groups attached to an aromatic ring is 1. The van der Waals surface area contributed by atoms with Crippen molar-refractivity contribution in [1.82, 2.24) is 4.98 Å². The van der Waals surface area contributed by atoms with Gasteiger partial charge in [0.1, 0.15) is 11.6 Å². The Kier molecular flexibility index (Phi) is 4.66. The molecule has 0 aromatic carbocycles. The number of rotatable bonds is 4. The molecule has 1 aromatic heterocycles.